The first-order valence-electron chi connectivity index (χ1n) is 17.8. The molecule has 2 saturated carbocycles. The van der Waals surface area contributed by atoms with Crippen LogP contribution in [-0.2, 0) is 29.4 Å². The largest absolute Gasteiger partial charge is 0.350 e. The maximum Gasteiger partial charge on any atom is 0.315 e. The molecule has 0 aromatic heterocycles. The van der Waals surface area contributed by atoms with Crippen molar-refractivity contribution >= 4 is 39.7 Å². The maximum absolute atomic E-state index is 14.6. The van der Waals surface area contributed by atoms with Crippen LogP contribution in [0.2, 0.25) is 0 Å². The van der Waals surface area contributed by atoms with Gasteiger partial charge in [0.1, 0.15) is 12.1 Å². The average Bonchev–Trinajstić information content (AvgIpc) is 3.34. The van der Waals surface area contributed by atoms with Crippen molar-refractivity contribution in [2.75, 3.05) is 40.8 Å². The average molecular weight is 722 g/mol. The van der Waals surface area contributed by atoms with E-state index in [4.69, 9.17) is 6.42 Å². The number of fused-ring (bicyclic) bond motifs is 1. The molecular formula is C35H59N7O7S. The van der Waals surface area contributed by atoms with Crippen LogP contribution >= 0.6 is 0 Å². The maximum atomic E-state index is 14.6. The normalized spacial score (nSPS) is 23.6. The Balaban J connectivity index is 1.88. The predicted molar refractivity (Wildman–Crippen MR) is 190 cm³/mol. The zero-order valence-electron chi connectivity index (χ0n) is 31.3. The summed E-state index contributed by atoms with van der Waals surface area (Å²) in [6, 6.07) is -4.18. The first kappa shape index (κ1) is 41.2. The molecule has 1 unspecified atom stereocenters. The molecule has 2 aliphatic carbocycles. The Morgan fingerprint density at radius 1 is 1.00 bits per heavy atom. The smallest absolute Gasteiger partial charge is 0.315 e. The van der Waals surface area contributed by atoms with Gasteiger partial charge in [-0.1, -0.05) is 53.9 Å². The quantitative estimate of drug-likeness (QED) is 0.146. The highest BCUT2D eigenvalue weighted by atomic mass is 32.2. The Hall–Kier alpha value is -3.22. The number of terminal acetylenes is 1. The van der Waals surface area contributed by atoms with Crippen molar-refractivity contribution in [1.29, 1.82) is 0 Å². The van der Waals surface area contributed by atoms with E-state index in [9.17, 15) is 32.4 Å². The molecule has 0 spiro atoms. The Morgan fingerprint density at radius 2 is 1.62 bits per heavy atom. The SMILES string of the molecule is C#CCCC(NC(=O)[C@@H]1[C@@H]2[C@H](CN1C(=O)[C@@H](NC(=O)N[C@H](CN(C)S(=O)(=O)N(C)C)C(C)(C)C)C1CCCCC1)C2(C)C)C(=O)C(=O)NCC. The summed E-state index contributed by atoms with van der Waals surface area (Å²) in [6.45, 7) is 12.0. The van der Waals surface area contributed by atoms with Gasteiger partial charge in [-0.15, -0.1) is 12.3 Å². The molecule has 3 rings (SSSR count). The second-order valence-electron chi connectivity index (χ2n) is 15.9. The molecule has 0 bridgehead atoms. The number of nitrogens with zero attached hydrogens (tertiary/aromatic N) is 3. The highest BCUT2D eigenvalue weighted by Gasteiger charge is 2.69. The van der Waals surface area contributed by atoms with E-state index in [-0.39, 0.29) is 55.0 Å². The summed E-state index contributed by atoms with van der Waals surface area (Å²) in [5.41, 5.74) is -0.759. The van der Waals surface area contributed by atoms with E-state index in [1.165, 1.54) is 25.4 Å². The molecule has 282 valence electrons. The van der Waals surface area contributed by atoms with E-state index in [1.807, 2.05) is 34.6 Å². The van der Waals surface area contributed by atoms with Gasteiger partial charge >= 0.3 is 6.03 Å². The first-order chi connectivity index (χ1) is 23.2. The minimum Gasteiger partial charge on any atom is -0.350 e. The lowest BCUT2D eigenvalue weighted by atomic mass is 9.83. The Kier molecular flexibility index (Phi) is 13.5. The fourth-order valence-electron chi connectivity index (χ4n) is 7.51. The van der Waals surface area contributed by atoms with Crippen LogP contribution < -0.4 is 21.3 Å². The van der Waals surface area contributed by atoms with Crippen LogP contribution in [0.5, 0.6) is 0 Å². The van der Waals surface area contributed by atoms with Crippen LogP contribution in [0.1, 0.15) is 86.5 Å². The van der Waals surface area contributed by atoms with E-state index in [2.05, 4.69) is 27.2 Å². The van der Waals surface area contributed by atoms with Crippen molar-refractivity contribution in [2.24, 2.45) is 28.6 Å². The van der Waals surface area contributed by atoms with Crippen molar-refractivity contribution < 1.29 is 32.4 Å². The zero-order chi connectivity index (χ0) is 37.8. The molecule has 1 saturated heterocycles. The number of urea groups is 1. The molecule has 0 aromatic carbocycles. The number of ketones is 1. The van der Waals surface area contributed by atoms with E-state index in [0.717, 1.165) is 36.4 Å². The number of hydrogen-bond acceptors (Lipinski definition) is 7. The van der Waals surface area contributed by atoms with Crippen LogP contribution in [0.4, 0.5) is 4.79 Å². The van der Waals surface area contributed by atoms with Gasteiger partial charge in [0.15, 0.2) is 0 Å². The number of Topliss-reactive ketones (excluding diaryl/α,β-unsaturated/α-hetero) is 1. The Bertz CT molecular complexity index is 1430. The fourth-order valence-corrected chi connectivity index (χ4v) is 8.40. The molecule has 5 amide bonds. The van der Waals surface area contributed by atoms with Crippen molar-refractivity contribution in [3.05, 3.63) is 0 Å². The van der Waals surface area contributed by atoms with Gasteiger partial charge in [-0.25, -0.2) is 4.79 Å². The number of likely N-dealkylation sites (N-methyl/N-ethyl adjacent to an activating group) is 2. The van der Waals surface area contributed by atoms with Crippen molar-refractivity contribution in [3.63, 3.8) is 0 Å². The molecular weight excluding hydrogens is 662 g/mol. The lowest BCUT2D eigenvalue weighted by Crippen LogP contribution is -2.62. The summed E-state index contributed by atoms with van der Waals surface area (Å²) in [5.74, 6) is -0.335. The Labute approximate surface area is 298 Å². The van der Waals surface area contributed by atoms with Crippen LogP contribution in [0.15, 0.2) is 0 Å². The lowest BCUT2D eigenvalue weighted by Gasteiger charge is -2.38. The number of carbonyl (C=O) groups is 5. The van der Waals surface area contributed by atoms with Gasteiger partial charge in [0, 0.05) is 53.2 Å². The topological polar surface area (TPSA) is 177 Å². The molecule has 4 N–H and O–H groups in total. The second kappa shape index (κ2) is 16.4. The van der Waals surface area contributed by atoms with Gasteiger partial charge in [0.05, 0.1) is 6.04 Å². The van der Waals surface area contributed by atoms with E-state index < -0.39 is 63.4 Å². The standard InChI is InChI=1S/C35H59N7O7S/c1-11-13-19-24(29(43)31(45)36-12-2)37-30(44)28-26-23(35(26,6)7)20-42(28)32(46)27(22-17-15-14-16-18-22)39-33(47)38-25(34(3,4)5)21-41(10)50(48,49)40(8)9/h1,22-28H,12-21H2,2-10H3,(H,36,45)(H,37,44)(H2,38,39,47)/t23-,24?,25+,26-,27-,28-/m0/s1. The summed E-state index contributed by atoms with van der Waals surface area (Å²) in [5, 5.41) is 11.1. The zero-order valence-corrected chi connectivity index (χ0v) is 32.1. The number of carbonyl (C=O) groups excluding carboxylic acids is 5. The van der Waals surface area contributed by atoms with Crippen LogP contribution in [-0.4, -0.2) is 116 Å². The number of amides is 5. The van der Waals surface area contributed by atoms with Gasteiger partial charge in [0.2, 0.25) is 17.6 Å². The van der Waals surface area contributed by atoms with E-state index >= 15 is 0 Å². The lowest BCUT2D eigenvalue weighted by molar-refractivity contribution is -0.144. The highest BCUT2D eigenvalue weighted by molar-refractivity contribution is 7.86. The summed E-state index contributed by atoms with van der Waals surface area (Å²) < 4.78 is 27.8. The molecule has 14 nitrogen and oxygen atoms in total. The monoisotopic (exact) mass is 721 g/mol. The first-order valence-corrected chi connectivity index (χ1v) is 19.2. The summed E-state index contributed by atoms with van der Waals surface area (Å²) in [6.07, 6.45) is 9.95. The summed E-state index contributed by atoms with van der Waals surface area (Å²) in [7, 11) is 0.588. The molecule has 6 atom stereocenters. The van der Waals surface area contributed by atoms with Gasteiger partial charge in [-0.05, 0) is 54.8 Å². The minimum absolute atomic E-state index is 0.00211. The van der Waals surface area contributed by atoms with Crippen molar-refractivity contribution in [2.45, 2.75) is 111 Å². The fraction of sp³-hybridized carbons (Fsp3) is 0.800. The number of hydrogen-bond donors (Lipinski definition) is 4. The number of nitrogens with one attached hydrogen (secondary N) is 4. The summed E-state index contributed by atoms with van der Waals surface area (Å²) >= 11 is 0. The number of likely N-dealkylation sites (tertiary alicyclic amines) is 1. The van der Waals surface area contributed by atoms with Gasteiger partial charge in [-0.2, -0.15) is 17.0 Å². The molecule has 3 aliphatic rings. The summed E-state index contributed by atoms with van der Waals surface area (Å²) in [4.78, 5) is 69.3. The Morgan fingerprint density at radius 3 is 2.16 bits per heavy atom. The molecule has 1 aliphatic heterocycles. The van der Waals surface area contributed by atoms with Gasteiger partial charge < -0.3 is 26.2 Å². The van der Waals surface area contributed by atoms with E-state index in [1.54, 1.807) is 11.8 Å². The third-order valence-corrected chi connectivity index (χ3v) is 12.7. The molecule has 0 radical (unpaired) electrons. The van der Waals surface area contributed by atoms with Crippen LogP contribution in [0, 0.1) is 40.9 Å². The third-order valence-electron chi connectivity index (χ3n) is 10.9. The molecule has 50 heavy (non-hydrogen) atoms. The molecule has 15 heteroatoms. The molecule has 0 aromatic rings. The molecule has 1 heterocycles. The number of rotatable bonds is 15. The predicted octanol–water partition coefficient (Wildman–Crippen LogP) is 1.47. The van der Waals surface area contributed by atoms with Crippen molar-refractivity contribution in [3.8, 4) is 12.3 Å². The highest BCUT2D eigenvalue weighted by Crippen LogP contribution is 2.65. The molecule has 3 fully saturated rings. The second-order valence-corrected chi connectivity index (χ2v) is 18.1. The van der Waals surface area contributed by atoms with E-state index in [0.29, 0.717) is 6.54 Å². The van der Waals surface area contributed by atoms with Crippen molar-refractivity contribution in [1.82, 2.24) is 34.8 Å². The van der Waals surface area contributed by atoms with Gasteiger partial charge in [0.25, 0.3) is 16.1 Å². The van der Waals surface area contributed by atoms with Crippen LogP contribution in [0.3, 0.4) is 0 Å². The minimum atomic E-state index is -3.74. The van der Waals surface area contributed by atoms with Crippen LogP contribution in [0.25, 0.3) is 0 Å². The van der Waals surface area contributed by atoms with Gasteiger partial charge in [-0.3, -0.25) is 19.2 Å². The third kappa shape index (κ3) is 9.36. The number of piperidine rings is 1.